The molecule has 0 bridgehead atoms. The molecule has 4 rings (SSSR count). The number of amides is 2. The lowest BCUT2D eigenvalue weighted by Gasteiger charge is -2.35. The smallest absolute Gasteiger partial charge is 0.274 e. The lowest BCUT2D eigenvalue weighted by atomic mass is 9.91. The standard InChI is InChI=1S/C18H26N4O2/c1-18(2,3)22-14(11-6-7-11)9-13(20-22)17(24)21-8-4-5-12-15(21)10-19-16(12)23/h9,11-12,15H,4-8,10H2,1-3H3,(H,19,23)/t12-,15-/m1/s1. The molecule has 1 aromatic rings. The average Bonchev–Trinajstić information content (AvgIpc) is 3.16. The SMILES string of the molecule is CC(C)(C)n1nc(C(=O)N2CCC[C@H]3C(=O)NC[C@H]32)cc1C1CC1. The molecule has 2 aliphatic heterocycles. The normalized spacial score (nSPS) is 27.1. The average molecular weight is 330 g/mol. The summed E-state index contributed by atoms with van der Waals surface area (Å²) in [6.07, 6.45) is 4.13. The summed E-state index contributed by atoms with van der Waals surface area (Å²) in [5, 5.41) is 7.58. The molecule has 130 valence electrons. The van der Waals surface area contributed by atoms with Crippen LogP contribution in [0.4, 0.5) is 0 Å². The van der Waals surface area contributed by atoms with E-state index in [0.29, 0.717) is 18.2 Å². The first kappa shape index (κ1) is 15.7. The first-order valence-electron chi connectivity index (χ1n) is 9.05. The van der Waals surface area contributed by atoms with Crippen LogP contribution in [0.5, 0.6) is 0 Å². The molecule has 0 aromatic carbocycles. The monoisotopic (exact) mass is 330 g/mol. The lowest BCUT2D eigenvalue weighted by molar-refractivity contribution is -0.123. The van der Waals surface area contributed by atoms with Crippen LogP contribution < -0.4 is 5.32 Å². The van der Waals surface area contributed by atoms with Crippen molar-refractivity contribution < 1.29 is 9.59 Å². The van der Waals surface area contributed by atoms with Crippen LogP contribution in [0.15, 0.2) is 6.07 Å². The Balaban J connectivity index is 1.64. The van der Waals surface area contributed by atoms with Crippen molar-refractivity contribution in [1.29, 1.82) is 0 Å². The minimum atomic E-state index is -0.133. The molecule has 1 N–H and O–H groups in total. The van der Waals surface area contributed by atoms with Crippen molar-refractivity contribution in [2.45, 2.75) is 64.0 Å². The Kier molecular flexibility index (Phi) is 3.48. The number of carbonyl (C=O) groups excluding carboxylic acids is 2. The van der Waals surface area contributed by atoms with Crippen LogP contribution in [0.3, 0.4) is 0 Å². The van der Waals surface area contributed by atoms with Gasteiger partial charge in [-0.3, -0.25) is 14.3 Å². The summed E-state index contributed by atoms with van der Waals surface area (Å²) in [5.41, 5.74) is 1.58. The molecule has 0 radical (unpaired) electrons. The van der Waals surface area contributed by atoms with Crippen LogP contribution in [-0.2, 0) is 10.3 Å². The predicted molar refractivity (Wildman–Crippen MR) is 89.8 cm³/mol. The van der Waals surface area contributed by atoms with Gasteiger partial charge in [0.25, 0.3) is 5.91 Å². The molecule has 6 heteroatoms. The number of hydrogen-bond acceptors (Lipinski definition) is 3. The van der Waals surface area contributed by atoms with Crippen LogP contribution in [-0.4, -0.2) is 45.6 Å². The van der Waals surface area contributed by atoms with Crippen molar-refractivity contribution in [3.63, 3.8) is 0 Å². The zero-order chi connectivity index (χ0) is 17.1. The Hall–Kier alpha value is -1.85. The van der Waals surface area contributed by atoms with E-state index in [1.54, 1.807) is 0 Å². The van der Waals surface area contributed by atoms with Crippen LogP contribution >= 0.6 is 0 Å². The van der Waals surface area contributed by atoms with Gasteiger partial charge in [-0.15, -0.1) is 0 Å². The van der Waals surface area contributed by atoms with E-state index in [4.69, 9.17) is 0 Å². The van der Waals surface area contributed by atoms with Gasteiger partial charge in [0, 0.05) is 24.7 Å². The van der Waals surface area contributed by atoms with Gasteiger partial charge < -0.3 is 10.2 Å². The largest absolute Gasteiger partial charge is 0.354 e. The Morgan fingerprint density at radius 1 is 1.29 bits per heavy atom. The van der Waals surface area contributed by atoms with Crippen LogP contribution in [0, 0.1) is 5.92 Å². The fourth-order valence-electron chi connectivity index (χ4n) is 4.06. The highest BCUT2D eigenvalue weighted by Crippen LogP contribution is 2.42. The van der Waals surface area contributed by atoms with Gasteiger partial charge in [-0.2, -0.15) is 5.10 Å². The Morgan fingerprint density at radius 2 is 2.04 bits per heavy atom. The number of rotatable bonds is 2. The fraction of sp³-hybridized carbons (Fsp3) is 0.722. The molecule has 1 saturated carbocycles. The second kappa shape index (κ2) is 5.33. The number of nitrogens with zero attached hydrogens (tertiary/aromatic N) is 3. The third-order valence-electron chi connectivity index (χ3n) is 5.45. The van der Waals surface area contributed by atoms with Gasteiger partial charge in [0.05, 0.1) is 17.5 Å². The van der Waals surface area contributed by atoms with E-state index in [2.05, 4.69) is 31.2 Å². The summed E-state index contributed by atoms with van der Waals surface area (Å²) < 4.78 is 2.03. The number of fused-ring (bicyclic) bond motifs is 1. The summed E-state index contributed by atoms with van der Waals surface area (Å²) in [4.78, 5) is 26.9. The summed E-state index contributed by atoms with van der Waals surface area (Å²) >= 11 is 0. The van der Waals surface area contributed by atoms with E-state index in [1.807, 2.05) is 15.6 Å². The van der Waals surface area contributed by atoms with E-state index in [9.17, 15) is 9.59 Å². The van der Waals surface area contributed by atoms with E-state index in [-0.39, 0.29) is 29.3 Å². The third-order valence-corrected chi connectivity index (χ3v) is 5.45. The maximum atomic E-state index is 13.1. The lowest BCUT2D eigenvalue weighted by Crippen LogP contribution is -2.48. The van der Waals surface area contributed by atoms with Crippen LogP contribution in [0.25, 0.3) is 0 Å². The van der Waals surface area contributed by atoms with Crippen molar-refractivity contribution >= 4 is 11.8 Å². The highest BCUT2D eigenvalue weighted by atomic mass is 16.2. The number of aromatic nitrogens is 2. The zero-order valence-corrected chi connectivity index (χ0v) is 14.7. The van der Waals surface area contributed by atoms with E-state index in [1.165, 1.54) is 18.5 Å². The van der Waals surface area contributed by atoms with Crippen molar-refractivity contribution in [2.75, 3.05) is 13.1 Å². The molecular weight excluding hydrogens is 304 g/mol. The van der Waals surface area contributed by atoms with Crippen LogP contribution in [0.2, 0.25) is 0 Å². The highest BCUT2D eigenvalue weighted by molar-refractivity contribution is 5.94. The molecule has 3 fully saturated rings. The summed E-state index contributed by atoms with van der Waals surface area (Å²) in [5.74, 6) is 0.569. The summed E-state index contributed by atoms with van der Waals surface area (Å²) in [7, 11) is 0. The fourth-order valence-corrected chi connectivity index (χ4v) is 4.06. The number of hydrogen-bond donors (Lipinski definition) is 1. The molecular formula is C18H26N4O2. The van der Waals surface area contributed by atoms with Gasteiger partial charge in [-0.1, -0.05) is 0 Å². The number of piperidine rings is 1. The minimum Gasteiger partial charge on any atom is -0.354 e. The van der Waals surface area contributed by atoms with E-state index < -0.39 is 0 Å². The van der Waals surface area contributed by atoms with Crippen molar-refractivity contribution in [2.24, 2.45) is 5.92 Å². The van der Waals surface area contributed by atoms with Crippen LogP contribution in [0.1, 0.15) is 68.6 Å². The van der Waals surface area contributed by atoms with Crippen molar-refractivity contribution in [1.82, 2.24) is 20.0 Å². The zero-order valence-electron chi connectivity index (χ0n) is 14.7. The second-order valence-corrected chi connectivity index (χ2v) is 8.37. The minimum absolute atomic E-state index is 0.0112. The third kappa shape index (κ3) is 2.52. The summed E-state index contributed by atoms with van der Waals surface area (Å²) in [6, 6.07) is 1.97. The molecule has 3 aliphatic rings. The molecule has 2 atom stereocenters. The van der Waals surface area contributed by atoms with Gasteiger partial charge in [-0.25, -0.2) is 0 Å². The van der Waals surface area contributed by atoms with Gasteiger partial charge in [-0.05, 0) is 52.5 Å². The quantitative estimate of drug-likeness (QED) is 0.900. The highest BCUT2D eigenvalue weighted by Gasteiger charge is 2.43. The Morgan fingerprint density at radius 3 is 2.71 bits per heavy atom. The second-order valence-electron chi connectivity index (χ2n) is 8.37. The van der Waals surface area contributed by atoms with Gasteiger partial charge in [0.1, 0.15) is 0 Å². The summed E-state index contributed by atoms with van der Waals surface area (Å²) in [6.45, 7) is 7.66. The number of nitrogens with one attached hydrogen (secondary N) is 1. The Labute approximate surface area is 142 Å². The molecule has 0 spiro atoms. The molecule has 3 heterocycles. The van der Waals surface area contributed by atoms with Crippen molar-refractivity contribution in [3.05, 3.63) is 17.5 Å². The molecule has 2 amide bonds. The molecule has 1 aromatic heterocycles. The first-order valence-corrected chi connectivity index (χ1v) is 9.05. The number of likely N-dealkylation sites (tertiary alicyclic amines) is 1. The molecule has 24 heavy (non-hydrogen) atoms. The molecule has 1 aliphatic carbocycles. The van der Waals surface area contributed by atoms with E-state index >= 15 is 0 Å². The van der Waals surface area contributed by atoms with E-state index in [0.717, 1.165) is 19.4 Å². The Bertz CT molecular complexity index is 684. The maximum absolute atomic E-state index is 13.1. The molecule has 2 saturated heterocycles. The number of carbonyl (C=O) groups is 2. The van der Waals surface area contributed by atoms with Gasteiger partial charge in [0.2, 0.25) is 5.91 Å². The molecule has 6 nitrogen and oxygen atoms in total. The molecule has 0 unspecified atom stereocenters. The van der Waals surface area contributed by atoms with Crippen molar-refractivity contribution in [3.8, 4) is 0 Å². The predicted octanol–water partition coefficient (Wildman–Crippen LogP) is 1.87. The van der Waals surface area contributed by atoms with Gasteiger partial charge in [0.15, 0.2) is 5.69 Å². The first-order chi connectivity index (χ1) is 11.4. The maximum Gasteiger partial charge on any atom is 0.274 e. The topological polar surface area (TPSA) is 67.2 Å². The van der Waals surface area contributed by atoms with Gasteiger partial charge >= 0.3 is 0 Å².